The Bertz CT molecular complexity index is 532. The third-order valence-electron chi connectivity index (χ3n) is 2.85. The molecule has 1 fully saturated rings. The van der Waals surface area contributed by atoms with Crippen molar-refractivity contribution < 1.29 is 0 Å². The first-order chi connectivity index (χ1) is 7.25. The molecule has 76 valence electrons. The SMILES string of the molecule is Cc1cccc2nc(C3CC3)nc(Cl)c12. The van der Waals surface area contributed by atoms with Gasteiger partial charge in [-0.15, -0.1) is 0 Å². The number of benzene rings is 1. The van der Waals surface area contributed by atoms with Crippen LogP contribution in [0.1, 0.15) is 30.1 Å². The van der Waals surface area contributed by atoms with Crippen LogP contribution in [0.25, 0.3) is 10.9 Å². The van der Waals surface area contributed by atoms with Crippen molar-refractivity contribution in [3.05, 3.63) is 34.7 Å². The van der Waals surface area contributed by atoms with Gasteiger partial charge in [0.25, 0.3) is 0 Å². The Morgan fingerprint density at radius 3 is 2.80 bits per heavy atom. The van der Waals surface area contributed by atoms with E-state index in [1.54, 1.807) is 0 Å². The summed E-state index contributed by atoms with van der Waals surface area (Å²) in [6.45, 7) is 2.04. The Kier molecular flexibility index (Phi) is 1.93. The van der Waals surface area contributed by atoms with Gasteiger partial charge in [-0.1, -0.05) is 23.7 Å². The Morgan fingerprint density at radius 1 is 1.27 bits per heavy atom. The monoisotopic (exact) mass is 218 g/mol. The summed E-state index contributed by atoms with van der Waals surface area (Å²) in [6, 6.07) is 6.05. The zero-order chi connectivity index (χ0) is 10.4. The molecule has 3 heteroatoms. The third-order valence-corrected chi connectivity index (χ3v) is 3.12. The van der Waals surface area contributed by atoms with E-state index in [0.29, 0.717) is 11.1 Å². The molecule has 0 bridgehead atoms. The highest BCUT2D eigenvalue weighted by atomic mass is 35.5. The molecule has 3 rings (SSSR count). The summed E-state index contributed by atoms with van der Waals surface area (Å²) in [5, 5.41) is 1.59. The summed E-state index contributed by atoms with van der Waals surface area (Å²) >= 11 is 6.19. The molecular formula is C12H11ClN2. The first kappa shape index (κ1) is 9.10. The molecule has 1 heterocycles. The molecule has 0 aliphatic heterocycles. The highest BCUT2D eigenvalue weighted by molar-refractivity contribution is 6.34. The summed E-state index contributed by atoms with van der Waals surface area (Å²) in [4.78, 5) is 8.94. The summed E-state index contributed by atoms with van der Waals surface area (Å²) < 4.78 is 0. The second-order valence-corrected chi connectivity index (χ2v) is 4.47. The second-order valence-electron chi connectivity index (χ2n) is 4.12. The van der Waals surface area contributed by atoms with Gasteiger partial charge in [0, 0.05) is 11.3 Å². The molecule has 2 nitrogen and oxygen atoms in total. The molecule has 1 aromatic carbocycles. The van der Waals surface area contributed by atoms with Gasteiger partial charge in [-0.3, -0.25) is 0 Å². The predicted octanol–water partition coefficient (Wildman–Crippen LogP) is 3.47. The molecule has 15 heavy (non-hydrogen) atoms. The van der Waals surface area contributed by atoms with E-state index < -0.39 is 0 Å². The first-order valence-electron chi connectivity index (χ1n) is 5.18. The van der Waals surface area contributed by atoms with Crippen LogP contribution in [0.2, 0.25) is 5.15 Å². The van der Waals surface area contributed by atoms with Gasteiger partial charge in [0.05, 0.1) is 5.52 Å². The normalized spacial score (nSPS) is 15.9. The maximum Gasteiger partial charge on any atom is 0.140 e. The minimum Gasteiger partial charge on any atom is -0.232 e. The maximum absolute atomic E-state index is 6.19. The van der Waals surface area contributed by atoms with E-state index >= 15 is 0 Å². The number of aryl methyl sites for hydroxylation is 1. The molecule has 0 unspecified atom stereocenters. The fraction of sp³-hybridized carbons (Fsp3) is 0.333. The quantitative estimate of drug-likeness (QED) is 0.685. The summed E-state index contributed by atoms with van der Waals surface area (Å²) in [5.41, 5.74) is 2.11. The van der Waals surface area contributed by atoms with E-state index in [1.165, 1.54) is 12.8 Å². The van der Waals surface area contributed by atoms with Crippen molar-refractivity contribution in [3.8, 4) is 0 Å². The van der Waals surface area contributed by atoms with Crippen LogP contribution in [0.3, 0.4) is 0 Å². The van der Waals surface area contributed by atoms with E-state index in [4.69, 9.17) is 11.6 Å². The highest BCUT2D eigenvalue weighted by Gasteiger charge is 2.27. The Morgan fingerprint density at radius 2 is 2.07 bits per heavy atom. The van der Waals surface area contributed by atoms with Crippen molar-refractivity contribution in [3.63, 3.8) is 0 Å². The van der Waals surface area contributed by atoms with Gasteiger partial charge in [-0.05, 0) is 31.4 Å². The molecular weight excluding hydrogens is 208 g/mol. The van der Waals surface area contributed by atoms with Crippen LogP contribution >= 0.6 is 11.6 Å². The molecule has 1 aliphatic rings. The van der Waals surface area contributed by atoms with Crippen LogP contribution < -0.4 is 0 Å². The van der Waals surface area contributed by atoms with Crippen LogP contribution in [0.5, 0.6) is 0 Å². The van der Waals surface area contributed by atoms with E-state index in [2.05, 4.69) is 9.97 Å². The van der Waals surface area contributed by atoms with E-state index in [9.17, 15) is 0 Å². The van der Waals surface area contributed by atoms with Crippen molar-refractivity contribution in [1.29, 1.82) is 0 Å². The topological polar surface area (TPSA) is 25.8 Å². The van der Waals surface area contributed by atoms with Gasteiger partial charge in [0.2, 0.25) is 0 Å². The van der Waals surface area contributed by atoms with Crippen molar-refractivity contribution in [2.24, 2.45) is 0 Å². The lowest BCUT2D eigenvalue weighted by atomic mass is 10.1. The average molecular weight is 219 g/mol. The van der Waals surface area contributed by atoms with Crippen LogP contribution in [-0.4, -0.2) is 9.97 Å². The van der Waals surface area contributed by atoms with Gasteiger partial charge in [0.1, 0.15) is 11.0 Å². The van der Waals surface area contributed by atoms with Gasteiger partial charge >= 0.3 is 0 Å². The van der Waals surface area contributed by atoms with E-state index in [1.807, 2.05) is 25.1 Å². The zero-order valence-corrected chi connectivity index (χ0v) is 9.25. The Balaban J connectivity index is 2.31. The summed E-state index contributed by atoms with van der Waals surface area (Å²) in [6.07, 6.45) is 2.40. The molecule has 0 atom stereocenters. The molecule has 1 aromatic heterocycles. The van der Waals surface area contributed by atoms with Gasteiger partial charge < -0.3 is 0 Å². The van der Waals surface area contributed by atoms with Crippen molar-refractivity contribution in [2.75, 3.05) is 0 Å². The zero-order valence-electron chi connectivity index (χ0n) is 8.50. The number of aromatic nitrogens is 2. The van der Waals surface area contributed by atoms with Crippen molar-refractivity contribution >= 4 is 22.5 Å². The van der Waals surface area contributed by atoms with Crippen LogP contribution in [-0.2, 0) is 0 Å². The van der Waals surface area contributed by atoms with E-state index in [0.717, 1.165) is 22.3 Å². The molecule has 0 radical (unpaired) electrons. The van der Waals surface area contributed by atoms with Gasteiger partial charge in [-0.25, -0.2) is 9.97 Å². The lowest BCUT2D eigenvalue weighted by Gasteiger charge is -2.05. The minimum atomic E-state index is 0.549. The lowest BCUT2D eigenvalue weighted by molar-refractivity contribution is 0.947. The van der Waals surface area contributed by atoms with Crippen molar-refractivity contribution in [1.82, 2.24) is 9.97 Å². The second kappa shape index (κ2) is 3.17. The number of hydrogen-bond donors (Lipinski definition) is 0. The molecule has 0 saturated heterocycles. The third kappa shape index (κ3) is 1.49. The number of fused-ring (bicyclic) bond motifs is 1. The smallest absolute Gasteiger partial charge is 0.140 e. The van der Waals surface area contributed by atoms with Gasteiger partial charge in [0.15, 0.2) is 0 Å². The fourth-order valence-corrected chi connectivity index (χ4v) is 2.18. The van der Waals surface area contributed by atoms with Crippen molar-refractivity contribution in [2.45, 2.75) is 25.7 Å². The number of halogens is 1. The Hall–Kier alpha value is -1.15. The van der Waals surface area contributed by atoms with Crippen LogP contribution in [0.4, 0.5) is 0 Å². The molecule has 0 N–H and O–H groups in total. The summed E-state index contributed by atoms with van der Waals surface area (Å²) in [5.74, 6) is 1.46. The van der Waals surface area contributed by atoms with E-state index in [-0.39, 0.29) is 0 Å². The molecule has 0 spiro atoms. The molecule has 2 aromatic rings. The average Bonchev–Trinajstić information content (AvgIpc) is 3.00. The number of hydrogen-bond acceptors (Lipinski definition) is 2. The predicted molar refractivity (Wildman–Crippen MR) is 61.3 cm³/mol. The lowest BCUT2D eigenvalue weighted by Crippen LogP contribution is -1.95. The standard InChI is InChI=1S/C12H11ClN2/c1-7-3-2-4-9-10(7)11(13)15-12(14-9)8-5-6-8/h2-4,8H,5-6H2,1H3. The Labute approximate surface area is 93.3 Å². The number of nitrogens with zero attached hydrogens (tertiary/aromatic N) is 2. The molecule has 1 saturated carbocycles. The van der Waals surface area contributed by atoms with Crippen LogP contribution in [0, 0.1) is 6.92 Å². The fourth-order valence-electron chi connectivity index (χ4n) is 1.84. The van der Waals surface area contributed by atoms with Crippen LogP contribution in [0.15, 0.2) is 18.2 Å². The summed E-state index contributed by atoms with van der Waals surface area (Å²) in [7, 11) is 0. The minimum absolute atomic E-state index is 0.549. The molecule has 0 amide bonds. The largest absolute Gasteiger partial charge is 0.232 e. The first-order valence-corrected chi connectivity index (χ1v) is 5.56. The van der Waals surface area contributed by atoms with Gasteiger partial charge in [-0.2, -0.15) is 0 Å². The maximum atomic E-state index is 6.19. The number of rotatable bonds is 1. The highest BCUT2D eigenvalue weighted by Crippen LogP contribution is 2.39. The molecule has 1 aliphatic carbocycles.